The summed E-state index contributed by atoms with van der Waals surface area (Å²) < 4.78 is 2.00. The highest BCUT2D eigenvalue weighted by Crippen LogP contribution is 2.14. The summed E-state index contributed by atoms with van der Waals surface area (Å²) >= 11 is 0. The Morgan fingerprint density at radius 3 is 2.52 bits per heavy atom. The summed E-state index contributed by atoms with van der Waals surface area (Å²) in [5.41, 5.74) is 6.45. The summed E-state index contributed by atoms with van der Waals surface area (Å²) in [5, 5.41) is 2.94. The van der Waals surface area contributed by atoms with Crippen LogP contribution in [0.2, 0.25) is 0 Å². The van der Waals surface area contributed by atoms with Gasteiger partial charge in [0.15, 0.2) is 0 Å². The highest BCUT2D eigenvalue weighted by molar-refractivity contribution is 5.92. The lowest BCUT2D eigenvalue weighted by atomic mass is 10.1. The Labute approximate surface area is 148 Å². The average Bonchev–Trinajstić information content (AvgIpc) is 3.00. The molecule has 0 radical (unpaired) electrons. The van der Waals surface area contributed by atoms with Gasteiger partial charge in [0, 0.05) is 18.4 Å². The minimum atomic E-state index is -0.0520. The smallest absolute Gasteiger partial charge is 0.230 e. The number of amides is 1. The monoisotopic (exact) mass is 333 g/mol. The molecule has 0 fully saturated rings. The van der Waals surface area contributed by atoms with Crippen LogP contribution in [0.3, 0.4) is 0 Å². The van der Waals surface area contributed by atoms with Gasteiger partial charge in [-0.1, -0.05) is 35.9 Å². The van der Waals surface area contributed by atoms with Gasteiger partial charge in [0.2, 0.25) is 5.91 Å². The molecule has 4 nitrogen and oxygen atoms in total. The SMILES string of the molecule is Cc1ccc(Cn2cnc(CC(=O)Nc3ccc(C)c(C)c3)c2)cc1. The van der Waals surface area contributed by atoms with Crippen molar-refractivity contribution in [3.05, 3.63) is 82.9 Å². The Kier molecular flexibility index (Phi) is 4.98. The van der Waals surface area contributed by atoms with E-state index >= 15 is 0 Å². The predicted molar refractivity (Wildman–Crippen MR) is 101 cm³/mol. The number of aryl methyl sites for hydroxylation is 3. The van der Waals surface area contributed by atoms with Gasteiger partial charge in [-0.05, 0) is 49.6 Å². The van der Waals surface area contributed by atoms with Crippen LogP contribution in [0.1, 0.15) is 27.9 Å². The second kappa shape index (κ2) is 7.34. The number of hydrogen-bond donors (Lipinski definition) is 1. The van der Waals surface area contributed by atoms with Crippen LogP contribution in [0, 0.1) is 20.8 Å². The Morgan fingerprint density at radius 2 is 1.80 bits per heavy atom. The fourth-order valence-corrected chi connectivity index (χ4v) is 2.68. The van der Waals surface area contributed by atoms with Crippen LogP contribution in [0.15, 0.2) is 55.0 Å². The molecule has 0 aliphatic carbocycles. The van der Waals surface area contributed by atoms with Crippen LogP contribution >= 0.6 is 0 Å². The maximum Gasteiger partial charge on any atom is 0.230 e. The molecule has 1 N–H and O–H groups in total. The van der Waals surface area contributed by atoms with Gasteiger partial charge < -0.3 is 9.88 Å². The number of anilines is 1. The second-order valence-corrected chi connectivity index (χ2v) is 6.55. The lowest BCUT2D eigenvalue weighted by molar-refractivity contribution is -0.115. The number of imidazole rings is 1. The summed E-state index contributed by atoms with van der Waals surface area (Å²) in [6, 6.07) is 14.4. The molecule has 3 rings (SSSR count). The lowest BCUT2D eigenvalue weighted by Gasteiger charge is -2.07. The van der Waals surface area contributed by atoms with Crippen molar-refractivity contribution in [2.24, 2.45) is 0 Å². The van der Waals surface area contributed by atoms with E-state index in [-0.39, 0.29) is 12.3 Å². The first-order chi connectivity index (χ1) is 12.0. The van der Waals surface area contributed by atoms with Gasteiger partial charge in [-0.25, -0.2) is 4.98 Å². The highest BCUT2D eigenvalue weighted by Gasteiger charge is 2.08. The van der Waals surface area contributed by atoms with Gasteiger partial charge in [0.25, 0.3) is 0 Å². The molecule has 128 valence electrons. The van der Waals surface area contributed by atoms with E-state index in [0.29, 0.717) is 0 Å². The van der Waals surface area contributed by atoms with Gasteiger partial charge in [-0.2, -0.15) is 0 Å². The third-order valence-corrected chi connectivity index (χ3v) is 4.30. The topological polar surface area (TPSA) is 46.9 Å². The standard InChI is InChI=1S/C21H23N3O/c1-15-4-7-18(8-5-15)12-24-13-20(22-14-24)11-21(25)23-19-9-6-16(2)17(3)10-19/h4-10,13-14H,11-12H2,1-3H3,(H,23,25). The molecule has 0 aliphatic rings. The number of nitrogens with one attached hydrogen (secondary N) is 1. The molecule has 2 aromatic carbocycles. The van der Waals surface area contributed by atoms with Crippen molar-refractivity contribution in [3.63, 3.8) is 0 Å². The number of rotatable bonds is 5. The summed E-state index contributed by atoms with van der Waals surface area (Å²) in [7, 11) is 0. The van der Waals surface area contributed by atoms with Crippen LogP contribution in [0.4, 0.5) is 5.69 Å². The van der Waals surface area contributed by atoms with Crippen molar-refractivity contribution >= 4 is 11.6 Å². The van der Waals surface area contributed by atoms with Crippen molar-refractivity contribution in [1.29, 1.82) is 0 Å². The molecule has 0 saturated heterocycles. The first-order valence-corrected chi connectivity index (χ1v) is 8.43. The fourth-order valence-electron chi connectivity index (χ4n) is 2.68. The van der Waals surface area contributed by atoms with Gasteiger partial charge in [-0.15, -0.1) is 0 Å². The van der Waals surface area contributed by atoms with E-state index in [2.05, 4.69) is 48.4 Å². The molecule has 0 atom stereocenters. The average molecular weight is 333 g/mol. The Hall–Kier alpha value is -2.88. The van der Waals surface area contributed by atoms with Gasteiger partial charge in [0.1, 0.15) is 0 Å². The van der Waals surface area contributed by atoms with Crippen LogP contribution < -0.4 is 5.32 Å². The molecule has 1 heterocycles. The van der Waals surface area contributed by atoms with E-state index in [1.165, 1.54) is 22.3 Å². The van der Waals surface area contributed by atoms with Crippen LogP contribution in [-0.4, -0.2) is 15.5 Å². The zero-order valence-corrected chi connectivity index (χ0v) is 14.9. The van der Waals surface area contributed by atoms with E-state index in [0.717, 1.165) is 17.9 Å². The molecule has 0 aliphatic heterocycles. The minimum absolute atomic E-state index is 0.0520. The molecule has 1 amide bonds. The number of carbonyl (C=O) groups excluding carboxylic acids is 1. The maximum atomic E-state index is 12.2. The van der Waals surface area contributed by atoms with Crippen LogP contribution in [0.25, 0.3) is 0 Å². The Morgan fingerprint density at radius 1 is 1.04 bits per heavy atom. The summed E-state index contributed by atoms with van der Waals surface area (Å²) in [6.45, 7) is 6.93. The van der Waals surface area contributed by atoms with E-state index in [1.54, 1.807) is 6.33 Å². The van der Waals surface area contributed by atoms with E-state index in [1.807, 2.05) is 35.9 Å². The summed E-state index contributed by atoms with van der Waals surface area (Å²) in [5.74, 6) is -0.0520. The van der Waals surface area contributed by atoms with E-state index in [4.69, 9.17) is 0 Å². The number of benzene rings is 2. The second-order valence-electron chi connectivity index (χ2n) is 6.55. The maximum absolute atomic E-state index is 12.2. The van der Waals surface area contributed by atoms with Crippen LogP contribution in [0.5, 0.6) is 0 Å². The molecule has 0 unspecified atom stereocenters. The van der Waals surface area contributed by atoms with Crippen molar-refractivity contribution in [2.45, 2.75) is 33.7 Å². The Bertz CT molecular complexity index is 878. The summed E-state index contributed by atoms with van der Waals surface area (Å²) in [6.07, 6.45) is 3.98. The zero-order chi connectivity index (χ0) is 17.8. The number of aromatic nitrogens is 2. The van der Waals surface area contributed by atoms with Gasteiger partial charge >= 0.3 is 0 Å². The number of nitrogens with zero attached hydrogens (tertiary/aromatic N) is 2. The van der Waals surface area contributed by atoms with Crippen molar-refractivity contribution < 1.29 is 4.79 Å². The predicted octanol–water partition coefficient (Wildman–Crippen LogP) is 4.04. The molecular weight excluding hydrogens is 310 g/mol. The van der Waals surface area contributed by atoms with Gasteiger partial charge in [0.05, 0.1) is 18.4 Å². The van der Waals surface area contributed by atoms with E-state index in [9.17, 15) is 4.79 Å². The quantitative estimate of drug-likeness (QED) is 0.766. The molecule has 1 aromatic heterocycles. The number of hydrogen-bond acceptors (Lipinski definition) is 2. The fraction of sp³-hybridized carbons (Fsp3) is 0.238. The lowest BCUT2D eigenvalue weighted by Crippen LogP contribution is -2.14. The van der Waals surface area contributed by atoms with Crippen molar-refractivity contribution in [2.75, 3.05) is 5.32 Å². The molecular formula is C21H23N3O. The molecule has 4 heteroatoms. The van der Waals surface area contributed by atoms with E-state index < -0.39 is 0 Å². The van der Waals surface area contributed by atoms with Crippen LogP contribution in [-0.2, 0) is 17.8 Å². The third-order valence-electron chi connectivity index (χ3n) is 4.30. The third kappa shape index (κ3) is 4.57. The molecule has 25 heavy (non-hydrogen) atoms. The van der Waals surface area contributed by atoms with Crippen molar-refractivity contribution in [1.82, 2.24) is 9.55 Å². The highest BCUT2D eigenvalue weighted by atomic mass is 16.1. The molecule has 0 spiro atoms. The molecule has 0 saturated carbocycles. The minimum Gasteiger partial charge on any atom is -0.333 e. The first kappa shape index (κ1) is 17.0. The molecule has 0 bridgehead atoms. The Balaban J connectivity index is 1.59. The molecule has 3 aromatic rings. The van der Waals surface area contributed by atoms with Crippen molar-refractivity contribution in [3.8, 4) is 0 Å². The largest absolute Gasteiger partial charge is 0.333 e. The zero-order valence-electron chi connectivity index (χ0n) is 14.9. The van der Waals surface area contributed by atoms with Gasteiger partial charge in [-0.3, -0.25) is 4.79 Å². The normalized spacial score (nSPS) is 10.7. The number of carbonyl (C=O) groups is 1. The summed E-state index contributed by atoms with van der Waals surface area (Å²) in [4.78, 5) is 16.6. The first-order valence-electron chi connectivity index (χ1n) is 8.43.